The van der Waals surface area contributed by atoms with E-state index in [1.807, 2.05) is 42.9 Å². The molecular formula is C22H23N5OS. The zero-order valence-corrected chi connectivity index (χ0v) is 16.8. The van der Waals surface area contributed by atoms with E-state index in [1.165, 1.54) is 0 Å². The maximum atomic E-state index is 5.92. The maximum absolute atomic E-state index is 5.92. The molecule has 6 nitrogen and oxygen atoms in total. The van der Waals surface area contributed by atoms with E-state index in [0.717, 1.165) is 48.2 Å². The first-order valence-corrected chi connectivity index (χ1v) is 10.4. The minimum absolute atomic E-state index is 0.0183. The van der Waals surface area contributed by atoms with Gasteiger partial charge in [-0.1, -0.05) is 6.07 Å². The lowest BCUT2D eigenvalue weighted by Crippen LogP contribution is -2.36. The first-order valence-electron chi connectivity index (χ1n) is 9.98. The van der Waals surface area contributed by atoms with Crippen molar-refractivity contribution >= 4 is 17.3 Å². The van der Waals surface area contributed by atoms with E-state index in [4.69, 9.17) is 17.0 Å². The van der Waals surface area contributed by atoms with Crippen LogP contribution in [0.1, 0.15) is 36.3 Å². The number of thiocarbonyl (C=S) groups is 1. The van der Waals surface area contributed by atoms with Crippen LogP contribution in [0.4, 0.5) is 0 Å². The van der Waals surface area contributed by atoms with Crippen molar-refractivity contribution in [3.05, 3.63) is 78.6 Å². The van der Waals surface area contributed by atoms with Crippen LogP contribution in [-0.2, 0) is 4.74 Å². The average molecular weight is 406 g/mol. The first kappa shape index (κ1) is 18.3. The molecule has 2 saturated heterocycles. The highest BCUT2D eigenvalue weighted by Crippen LogP contribution is 2.40. The van der Waals surface area contributed by atoms with Gasteiger partial charge in [0.15, 0.2) is 5.11 Å². The Bertz CT molecular complexity index is 971. The van der Waals surface area contributed by atoms with Crippen molar-refractivity contribution < 1.29 is 4.74 Å². The molecule has 2 fully saturated rings. The lowest BCUT2D eigenvalue weighted by Gasteiger charge is -2.30. The van der Waals surface area contributed by atoms with Crippen molar-refractivity contribution in [1.29, 1.82) is 0 Å². The van der Waals surface area contributed by atoms with E-state index < -0.39 is 0 Å². The summed E-state index contributed by atoms with van der Waals surface area (Å²) in [6.45, 7) is 1.61. The molecule has 29 heavy (non-hydrogen) atoms. The van der Waals surface area contributed by atoms with Crippen LogP contribution in [0, 0.1) is 0 Å². The molecule has 0 unspecified atom stereocenters. The lowest BCUT2D eigenvalue weighted by atomic mass is 10.0. The Balaban J connectivity index is 1.57. The minimum Gasteiger partial charge on any atom is -0.376 e. The highest BCUT2D eigenvalue weighted by molar-refractivity contribution is 7.80. The highest BCUT2D eigenvalue weighted by Gasteiger charge is 2.42. The van der Waals surface area contributed by atoms with Crippen LogP contribution in [0.25, 0.3) is 5.69 Å². The van der Waals surface area contributed by atoms with E-state index in [2.05, 4.69) is 49.1 Å². The molecule has 148 valence electrons. The topological polar surface area (TPSA) is 55.2 Å². The largest absolute Gasteiger partial charge is 0.376 e. The van der Waals surface area contributed by atoms with E-state index in [-0.39, 0.29) is 18.2 Å². The van der Waals surface area contributed by atoms with Crippen LogP contribution in [0.5, 0.6) is 0 Å². The van der Waals surface area contributed by atoms with Crippen molar-refractivity contribution in [2.75, 3.05) is 13.2 Å². The number of nitrogens with one attached hydrogen (secondary N) is 1. The molecule has 0 aliphatic carbocycles. The smallest absolute Gasteiger partial charge is 0.170 e. The van der Waals surface area contributed by atoms with Crippen LogP contribution in [-0.4, -0.2) is 43.8 Å². The van der Waals surface area contributed by atoms with Gasteiger partial charge in [-0.2, -0.15) is 0 Å². The van der Waals surface area contributed by atoms with Crippen molar-refractivity contribution in [3.63, 3.8) is 0 Å². The summed E-state index contributed by atoms with van der Waals surface area (Å²) in [6.07, 6.45) is 9.96. The molecule has 0 aromatic carbocycles. The fourth-order valence-electron chi connectivity index (χ4n) is 4.31. The van der Waals surface area contributed by atoms with Gasteiger partial charge in [-0.3, -0.25) is 9.97 Å². The zero-order chi connectivity index (χ0) is 19.6. The summed E-state index contributed by atoms with van der Waals surface area (Å²) in [7, 11) is 0. The SMILES string of the molecule is S=C1N[C@@H](c2ccccn2)[C@@H](c2cccn2-c2ccncc2)N1C[C@@H]1CCCO1. The standard InChI is InChI=1S/C22H23N5OS/c29-22-25-20(18-6-1-2-10-24-18)21(27(22)15-17-5-4-14-28-17)19-7-3-13-26(19)16-8-11-23-12-9-16/h1-3,6-13,17,20-21H,4-5,14-15H2,(H,25,29)/t17-,20-,21+/m0/s1. The quantitative estimate of drug-likeness (QED) is 0.657. The Kier molecular flexibility index (Phi) is 4.99. The van der Waals surface area contributed by atoms with Gasteiger partial charge in [0.25, 0.3) is 0 Å². The van der Waals surface area contributed by atoms with Crippen LogP contribution in [0.2, 0.25) is 0 Å². The molecule has 3 atom stereocenters. The summed E-state index contributed by atoms with van der Waals surface area (Å²) in [5, 5.41) is 4.28. The van der Waals surface area contributed by atoms with Crippen molar-refractivity contribution in [1.82, 2.24) is 24.8 Å². The van der Waals surface area contributed by atoms with Gasteiger partial charge in [0, 0.05) is 49.3 Å². The van der Waals surface area contributed by atoms with E-state index in [1.54, 1.807) is 0 Å². The summed E-state index contributed by atoms with van der Waals surface area (Å²) < 4.78 is 8.13. The van der Waals surface area contributed by atoms with E-state index in [9.17, 15) is 0 Å². The van der Waals surface area contributed by atoms with Crippen molar-refractivity contribution in [3.8, 4) is 5.69 Å². The van der Waals surface area contributed by atoms with Gasteiger partial charge in [-0.05, 0) is 61.5 Å². The molecule has 0 amide bonds. The summed E-state index contributed by atoms with van der Waals surface area (Å²) >= 11 is 5.78. The Labute approximate surface area is 175 Å². The third kappa shape index (κ3) is 3.52. The Hall–Kier alpha value is -2.77. The number of rotatable bonds is 5. The molecule has 3 aromatic heterocycles. The van der Waals surface area contributed by atoms with Gasteiger partial charge in [-0.15, -0.1) is 0 Å². The predicted octanol–water partition coefficient (Wildman–Crippen LogP) is 3.42. The van der Waals surface area contributed by atoms with Gasteiger partial charge in [0.2, 0.25) is 0 Å². The summed E-state index contributed by atoms with van der Waals surface area (Å²) in [5.41, 5.74) is 3.23. The first-order chi connectivity index (χ1) is 14.3. The third-order valence-corrected chi connectivity index (χ3v) is 6.00. The van der Waals surface area contributed by atoms with Crippen molar-refractivity contribution in [2.24, 2.45) is 0 Å². The van der Waals surface area contributed by atoms with Gasteiger partial charge >= 0.3 is 0 Å². The summed E-state index contributed by atoms with van der Waals surface area (Å²) in [5.74, 6) is 0. The van der Waals surface area contributed by atoms with Crippen LogP contribution in [0.15, 0.2) is 67.3 Å². The maximum Gasteiger partial charge on any atom is 0.170 e. The van der Waals surface area contributed by atoms with E-state index >= 15 is 0 Å². The summed E-state index contributed by atoms with van der Waals surface area (Å²) in [6, 6.07) is 14.3. The van der Waals surface area contributed by atoms with Crippen LogP contribution >= 0.6 is 12.2 Å². The normalized spacial score (nSPS) is 24.1. The second-order valence-electron chi connectivity index (χ2n) is 7.42. The number of pyridine rings is 2. The van der Waals surface area contributed by atoms with Crippen LogP contribution < -0.4 is 5.32 Å². The number of hydrogen-bond acceptors (Lipinski definition) is 4. The van der Waals surface area contributed by atoms with Gasteiger partial charge in [0.05, 0.1) is 23.9 Å². The molecule has 0 radical (unpaired) electrons. The Morgan fingerprint density at radius 3 is 2.76 bits per heavy atom. The molecule has 2 aliphatic heterocycles. The Morgan fingerprint density at radius 2 is 2.00 bits per heavy atom. The number of hydrogen-bond donors (Lipinski definition) is 1. The molecule has 7 heteroatoms. The number of aromatic nitrogens is 3. The third-order valence-electron chi connectivity index (χ3n) is 5.65. The molecule has 0 saturated carbocycles. The molecule has 3 aromatic rings. The fourth-order valence-corrected chi connectivity index (χ4v) is 4.62. The molecular weight excluding hydrogens is 382 g/mol. The highest BCUT2D eigenvalue weighted by atomic mass is 32.1. The molecule has 0 spiro atoms. The average Bonchev–Trinajstić information content (AvgIpc) is 3.51. The minimum atomic E-state index is -0.0272. The molecule has 0 bridgehead atoms. The van der Waals surface area contributed by atoms with E-state index in [0.29, 0.717) is 0 Å². The molecule has 2 aliphatic rings. The molecule has 5 heterocycles. The van der Waals surface area contributed by atoms with Crippen LogP contribution in [0.3, 0.4) is 0 Å². The fraction of sp³-hybridized carbons (Fsp3) is 0.318. The van der Waals surface area contributed by atoms with Gasteiger partial charge in [-0.25, -0.2) is 0 Å². The second-order valence-corrected chi connectivity index (χ2v) is 7.81. The Morgan fingerprint density at radius 1 is 1.10 bits per heavy atom. The molecule has 1 N–H and O–H groups in total. The second kappa shape index (κ2) is 7.93. The van der Waals surface area contributed by atoms with Gasteiger partial charge in [0.1, 0.15) is 0 Å². The monoisotopic (exact) mass is 405 g/mol. The predicted molar refractivity (Wildman–Crippen MR) is 115 cm³/mol. The molecule has 5 rings (SSSR count). The lowest BCUT2D eigenvalue weighted by molar-refractivity contribution is 0.0836. The van der Waals surface area contributed by atoms with Gasteiger partial charge < -0.3 is 19.5 Å². The van der Waals surface area contributed by atoms with Crippen molar-refractivity contribution in [2.45, 2.75) is 31.0 Å². The number of nitrogens with zero attached hydrogens (tertiary/aromatic N) is 4. The zero-order valence-electron chi connectivity index (χ0n) is 16.0. The number of ether oxygens (including phenoxy) is 1. The summed E-state index contributed by atoms with van der Waals surface area (Å²) in [4.78, 5) is 11.1.